The van der Waals surface area contributed by atoms with Gasteiger partial charge in [0.15, 0.2) is 5.96 Å². The Hall–Kier alpha value is -0.830. The van der Waals surface area contributed by atoms with Crippen molar-refractivity contribution in [2.24, 2.45) is 18.0 Å². The van der Waals surface area contributed by atoms with E-state index in [4.69, 9.17) is 4.74 Å². The summed E-state index contributed by atoms with van der Waals surface area (Å²) in [5.41, 5.74) is 3.45. The van der Waals surface area contributed by atoms with Crippen LogP contribution in [-0.4, -0.2) is 42.5 Å². The standard InChI is InChI=1S/C16H31N5O.HI/c1-12(2)7-9-22-10-8-18-16(17-5)19-11-15-13(3)20-21(6)14(15)4;/h12H,7-11H2,1-6H3,(H2,17,18,19);1H. The van der Waals surface area contributed by atoms with Crippen LogP contribution in [0, 0.1) is 19.8 Å². The van der Waals surface area contributed by atoms with Crippen molar-refractivity contribution < 1.29 is 4.74 Å². The number of aliphatic imine (C=N–C) groups is 1. The number of nitrogens with zero attached hydrogens (tertiary/aromatic N) is 3. The molecule has 23 heavy (non-hydrogen) atoms. The van der Waals surface area contributed by atoms with Crippen LogP contribution in [0.5, 0.6) is 0 Å². The summed E-state index contributed by atoms with van der Waals surface area (Å²) in [6.45, 7) is 11.5. The summed E-state index contributed by atoms with van der Waals surface area (Å²) in [7, 11) is 3.74. The SMILES string of the molecule is CN=C(NCCOCCC(C)C)NCc1c(C)nn(C)c1C.I. The molecule has 0 aliphatic heterocycles. The van der Waals surface area contributed by atoms with Crippen molar-refractivity contribution in [3.63, 3.8) is 0 Å². The van der Waals surface area contributed by atoms with Crippen LogP contribution in [0.3, 0.4) is 0 Å². The van der Waals surface area contributed by atoms with E-state index in [0.29, 0.717) is 12.5 Å². The Kier molecular flexibility index (Phi) is 11.2. The monoisotopic (exact) mass is 437 g/mol. The third kappa shape index (κ3) is 8.01. The number of hydrogen-bond acceptors (Lipinski definition) is 3. The first-order chi connectivity index (χ1) is 10.5. The van der Waals surface area contributed by atoms with Gasteiger partial charge in [0, 0.05) is 45.0 Å². The fourth-order valence-corrected chi connectivity index (χ4v) is 2.13. The first-order valence-electron chi connectivity index (χ1n) is 7.97. The Labute approximate surface area is 157 Å². The molecule has 2 N–H and O–H groups in total. The molecule has 1 heterocycles. The predicted molar refractivity (Wildman–Crippen MR) is 107 cm³/mol. The van der Waals surface area contributed by atoms with E-state index >= 15 is 0 Å². The summed E-state index contributed by atoms with van der Waals surface area (Å²) in [6, 6.07) is 0. The minimum absolute atomic E-state index is 0. The minimum Gasteiger partial charge on any atom is -0.380 e. The van der Waals surface area contributed by atoms with E-state index in [9.17, 15) is 0 Å². The Morgan fingerprint density at radius 2 is 1.96 bits per heavy atom. The highest BCUT2D eigenvalue weighted by atomic mass is 127. The number of guanidine groups is 1. The Bertz CT molecular complexity index is 485. The predicted octanol–water partition coefficient (Wildman–Crippen LogP) is 2.38. The first kappa shape index (κ1) is 22.2. The lowest BCUT2D eigenvalue weighted by Gasteiger charge is -2.12. The van der Waals surface area contributed by atoms with Crippen LogP contribution in [0.25, 0.3) is 0 Å². The second-order valence-corrected chi connectivity index (χ2v) is 5.92. The number of hydrogen-bond donors (Lipinski definition) is 2. The molecule has 1 rings (SSSR count). The molecule has 0 aliphatic rings. The Morgan fingerprint density at radius 3 is 2.48 bits per heavy atom. The molecular formula is C16H32IN5O. The maximum atomic E-state index is 5.59. The number of ether oxygens (including phenoxy) is 1. The van der Waals surface area contributed by atoms with Crippen LogP contribution in [0.1, 0.15) is 37.2 Å². The highest BCUT2D eigenvalue weighted by Crippen LogP contribution is 2.10. The van der Waals surface area contributed by atoms with Gasteiger partial charge < -0.3 is 15.4 Å². The topological polar surface area (TPSA) is 63.5 Å². The molecule has 0 aromatic carbocycles. The molecule has 0 bridgehead atoms. The fourth-order valence-electron chi connectivity index (χ4n) is 2.13. The van der Waals surface area contributed by atoms with Crippen LogP contribution >= 0.6 is 24.0 Å². The Balaban J connectivity index is 0.00000484. The summed E-state index contributed by atoms with van der Waals surface area (Å²) >= 11 is 0. The second kappa shape index (κ2) is 11.7. The van der Waals surface area contributed by atoms with Crippen LogP contribution < -0.4 is 10.6 Å². The molecular weight excluding hydrogens is 405 g/mol. The van der Waals surface area contributed by atoms with Crippen molar-refractivity contribution in [3.05, 3.63) is 17.0 Å². The van der Waals surface area contributed by atoms with E-state index < -0.39 is 0 Å². The highest BCUT2D eigenvalue weighted by molar-refractivity contribution is 14.0. The van der Waals surface area contributed by atoms with E-state index in [0.717, 1.165) is 37.8 Å². The molecule has 0 radical (unpaired) electrons. The highest BCUT2D eigenvalue weighted by Gasteiger charge is 2.09. The zero-order chi connectivity index (χ0) is 16.5. The maximum Gasteiger partial charge on any atom is 0.191 e. The molecule has 0 saturated heterocycles. The molecule has 0 spiro atoms. The van der Waals surface area contributed by atoms with Crippen LogP contribution in [0.15, 0.2) is 4.99 Å². The van der Waals surface area contributed by atoms with Gasteiger partial charge in [-0.1, -0.05) is 13.8 Å². The molecule has 0 aliphatic carbocycles. The van der Waals surface area contributed by atoms with Crippen molar-refractivity contribution in [2.75, 3.05) is 26.8 Å². The van der Waals surface area contributed by atoms with Crippen molar-refractivity contribution in [3.8, 4) is 0 Å². The number of halogens is 1. The van der Waals surface area contributed by atoms with Gasteiger partial charge in [-0.25, -0.2) is 0 Å². The van der Waals surface area contributed by atoms with Gasteiger partial charge in [0.25, 0.3) is 0 Å². The summed E-state index contributed by atoms with van der Waals surface area (Å²) in [5, 5.41) is 11.0. The van der Waals surface area contributed by atoms with Gasteiger partial charge in [0.1, 0.15) is 0 Å². The third-order valence-corrected chi connectivity index (χ3v) is 3.69. The maximum absolute atomic E-state index is 5.59. The van der Waals surface area contributed by atoms with Crippen LogP contribution in [0.4, 0.5) is 0 Å². The van der Waals surface area contributed by atoms with E-state index in [1.54, 1.807) is 7.05 Å². The molecule has 0 amide bonds. The van der Waals surface area contributed by atoms with Crippen molar-refractivity contribution in [1.82, 2.24) is 20.4 Å². The summed E-state index contributed by atoms with van der Waals surface area (Å²) < 4.78 is 7.49. The van der Waals surface area contributed by atoms with Crippen LogP contribution in [-0.2, 0) is 18.3 Å². The van der Waals surface area contributed by atoms with E-state index in [2.05, 4.69) is 41.5 Å². The molecule has 6 nitrogen and oxygen atoms in total. The van der Waals surface area contributed by atoms with Crippen LogP contribution in [0.2, 0.25) is 0 Å². The van der Waals surface area contributed by atoms with Gasteiger partial charge >= 0.3 is 0 Å². The largest absolute Gasteiger partial charge is 0.380 e. The van der Waals surface area contributed by atoms with Gasteiger partial charge in [0.2, 0.25) is 0 Å². The summed E-state index contributed by atoms with van der Waals surface area (Å²) in [6.07, 6.45) is 1.10. The summed E-state index contributed by atoms with van der Waals surface area (Å²) in [5.74, 6) is 1.48. The lowest BCUT2D eigenvalue weighted by molar-refractivity contribution is 0.128. The van der Waals surface area contributed by atoms with E-state index in [1.165, 1.54) is 11.3 Å². The number of rotatable bonds is 8. The van der Waals surface area contributed by atoms with Gasteiger partial charge in [-0.15, -0.1) is 24.0 Å². The van der Waals surface area contributed by atoms with Crippen molar-refractivity contribution in [2.45, 2.75) is 40.7 Å². The van der Waals surface area contributed by atoms with Gasteiger partial charge in [-0.05, 0) is 26.2 Å². The molecule has 0 saturated carbocycles. The van der Waals surface area contributed by atoms with Crippen molar-refractivity contribution >= 4 is 29.9 Å². The van der Waals surface area contributed by atoms with Gasteiger partial charge in [0.05, 0.1) is 12.3 Å². The Morgan fingerprint density at radius 1 is 1.26 bits per heavy atom. The molecule has 7 heteroatoms. The molecule has 134 valence electrons. The smallest absolute Gasteiger partial charge is 0.191 e. The van der Waals surface area contributed by atoms with Crippen molar-refractivity contribution in [1.29, 1.82) is 0 Å². The lowest BCUT2D eigenvalue weighted by Crippen LogP contribution is -2.38. The second-order valence-electron chi connectivity index (χ2n) is 5.92. The fraction of sp³-hybridized carbons (Fsp3) is 0.750. The summed E-state index contributed by atoms with van der Waals surface area (Å²) in [4.78, 5) is 4.23. The number of aromatic nitrogens is 2. The van der Waals surface area contributed by atoms with E-state index in [-0.39, 0.29) is 24.0 Å². The molecule has 1 aromatic heterocycles. The quantitative estimate of drug-likeness (QED) is 0.284. The molecule has 1 aromatic rings. The number of aryl methyl sites for hydroxylation is 2. The zero-order valence-electron chi connectivity index (χ0n) is 15.3. The molecule has 0 atom stereocenters. The average Bonchev–Trinajstić information content (AvgIpc) is 2.71. The minimum atomic E-state index is 0. The molecule has 0 unspecified atom stereocenters. The first-order valence-corrected chi connectivity index (χ1v) is 7.97. The van der Waals surface area contributed by atoms with Gasteiger partial charge in [-0.3, -0.25) is 9.67 Å². The lowest BCUT2D eigenvalue weighted by atomic mass is 10.1. The molecule has 0 fully saturated rings. The zero-order valence-corrected chi connectivity index (χ0v) is 17.6. The average molecular weight is 437 g/mol. The number of nitrogens with one attached hydrogen (secondary N) is 2. The normalized spacial score (nSPS) is 11.5. The van der Waals surface area contributed by atoms with E-state index in [1.807, 2.05) is 18.7 Å². The third-order valence-electron chi connectivity index (χ3n) is 3.69. The van der Waals surface area contributed by atoms with Gasteiger partial charge in [-0.2, -0.15) is 5.10 Å².